The Bertz CT molecular complexity index is 759. The maximum atomic E-state index is 11.1. The summed E-state index contributed by atoms with van der Waals surface area (Å²) in [7, 11) is -4.36. The molecule has 0 aliphatic heterocycles. The molecule has 0 aliphatic carbocycles. The van der Waals surface area contributed by atoms with Gasteiger partial charge in [-0.05, 0) is 0 Å². The van der Waals surface area contributed by atoms with Gasteiger partial charge < -0.3 is 0 Å². The van der Waals surface area contributed by atoms with Gasteiger partial charge in [0.05, 0.1) is 0 Å². The van der Waals surface area contributed by atoms with E-state index in [1.165, 1.54) is 6.07 Å². The predicted molar refractivity (Wildman–Crippen MR) is 65.9 cm³/mol. The molecule has 0 bridgehead atoms. The number of rotatable bonds is 3. The molecule has 0 unspecified atom stereocenters. The molecule has 0 atom stereocenters. The van der Waals surface area contributed by atoms with Gasteiger partial charge in [-0.15, -0.1) is 0 Å². The van der Waals surface area contributed by atoms with E-state index in [4.69, 9.17) is 4.55 Å². The minimum atomic E-state index is -4.36. The molecule has 0 amide bonds. The molecule has 102 valence electrons. The molecule has 0 fully saturated rings. The summed E-state index contributed by atoms with van der Waals surface area (Å²) in [5.74, 6) is -0.256. The molecule has 2 aromatic rings. The Hall–Kier alpha value is -1.26. The third-order valence-electron chi connectivity index (χ3n) is 2.43. The maximum absolute atomic E-state index is 11.1. The second kappa shape index (κ2) is 5.39. The van der Waals surface area contributed by atoms with Crippen LogP contribution in [-0.2, 0) is 10.1 Å². The van der Waals surface area contributed by atoms with Gasteiger partial charge in [0.2, 0.25) is 0 Å². The average molecular weight is 393 g/mol. The first kappa shape index (κ1) is 14.2. The van der Waals surface area contributed by atoms with Gasteiger partial charge in [0.25, 0.3) is 0 Å². The number of alkyl halides is 1. The second-order valence-electron chi connectivity index (χ2n) is 3.64. The van der Waals surface area contributed by atoms with Gasteiger partial charge in [-0.1, -0.05) is 0 Å². The van der Waals surface area contributed by atoms with Crippen molar-refractivity contribution in [1.82, 2.24) is 0 Å². The van der Waals surface area contributed by atoms with E-state index in [0.29, 0.717) is 16.5 Å². The Morgan fingerprint density at radius 2 is 2.00 bits per heavy atom. The van der Waals surface area contributed by atoms with E-state index < -0.39 is 10.1 Å². The molecular formula is C11H10IN2O4S-. The van der Waals surface area contributed by atoms with Gasteiger partial charge in [0.1, 0.15) is 0 Å². The summed E-state index contributed by atoms with van der Waals surface area (Å²) in [6.45, 7) is 0. The van der Waals surface area contributed by atoms with Crippen molar-refractivity contribution in [3.05, 3.63) is 30.3 Å². The number of hydrogen-bond acceptors (Lipinski definition) is 5. The van der Waals surface area contributed by atoms with E-state index in [1.807, 2.05) is 4.93 Å². The van der Waals surface area contributed by atoms with Crippen LogP contribution in [0.4, 0.5) is 5.69 Å². The van der Waals surface area contributed by atoms with Crippen molar-refractivity contribution < 1.29 is 39.6 Å². The van der Waals surface area contributed by atoms with Crippen LogP contribution in [0.15, 0.2) is 43.7 Å². The van der Waals surface area contributed by atoms with Crippen LogP contribution in [0, 0.1) is 0 Å². The van der Waals surface area contributed by atoms with Gasteiger partial charge in [-0.3, -0.25) is 0 Å². The van der Waals surface area contributed by atoms with Gasteiger partial charge >= 0.3 is 120 Å². The van der Waals surface area contributed by atoms with Crippen molar-refractivity contribution in [3.8, 4) is 5.75 Å². The van der Waals surface area contributed by atoms with Crippen LogP contribution in [0.25, 0.3) is 10.8 Å². The number of fused-ring (bicyclic) bond motifs is 1. The quantitative estimate of drug-likeness (QED) is 0.318. The van der Waals surface area contributed by atoms with E-state index in [1.54, 1.807) is 18.2 Å². The molecule has 0 radical (unpaired) electrons. The summed E-state index contributed by atoms with van der Waals surface area (Å²) in [6, 6.07) is 7.27. The van der Waals surface area contributed by atoms with E-state index >= 15 is 0 Å². The number of aromatic hydroxyl groups is 1. The molecule has 2 N–H and O–H groups in total. The molecule has 8 heteroatoms. The topological polar surface area (TPSA) is 99.3 Å². The van der Waals surface area contributed by atoms with Crippen molar-refractivity contribution in [2.75, 3.05) is 4.93 Å². The molecule has 0 aromatic heterocycles. The number of phenolic OH excluding ortho intramolecular Hbond substituents is 1. The fourth-order valence-electron chi connectivity index (χ4n) is 1.67. The van der Waals surface area contributed by atoms with E-state index in [2.05, 4.69) is 8.44 Å². The first-order valence-corrected chi connectivity index (χ1v) is 9.63. The van der Waals surface area contributed by atoms with Gasteiger partial charge in [-0.25, -0.2) is 0 Å². The molecule has 0 aliphatic rings. The Kier molecular flexibility index (Phi) is 4.02. The Morgan fingerprint density at radius 3 is 2.63 bits per heavy atom. The monoisotopic (exact) mass is 393 g/mol. The summed E-state index contributed by atoms with van der Waals surface area (Å²) in [5.41, 5.74) is 0.471. The van der Waals surface area contributed by atoms with Crippen LogP contribution in [0.2, 0.25) is 0 Å². The van der Waals surface area contributed by atoms with Gasteiger partial charge in [0.15, 0.2) is 0 Å². The van der Waals surface area contributed by atoms with E-state index in [-0.39, 0.29) is 32.1 Å². The summed E-state index contributed by atoms with van der Waals surface area (Å²) < 4.78 is 35.2. The third kappa shape index (κ3) is 3.01. The van der Waals surface area contributed by atoms with Crippen LogP contribution in [-0.4, -0.2) is 23.0 Å². The molecule has 0 spiro atoms. The number of phenols is 1. The Balaban J connectivity index is 2.76. The first-order valence-electron chi connectivity index (χ1n) is 5.06. The van der Waals surface area contributed by atoms with Gasteiger partial charge in [-0.2, -0.15) is 0 Å². The molecule has 0 heterocycles. The Labute approximate surface area is 120 Å². The average Bonchev–Trinajstić information content (AvgIpc) is 2.34. The molecule has 2 rings (SSSR count). The van der Waals surface area contributed by atoms with Crippen molar-refractivity contribution in [1.29, 1.82) is 0 Å². The second-order valence-corrected chi connectivity index (χ2v) is 6.46. The number of halogens is 1. The van der Waals surface area contributed by atoms with E-state index in [0.717, 1.165) is 6.07 Å². The number of nitrogens with zero attached hydrogens (tertiary/aromatic N) is 2. The van der Waals surface area contributed by atoms with Crippen LogP contribution < -0.4 is 21.5 Å². The van der Waals surface area contributed by atoms with Crippen molar-refractivity contribution in [2.45, 2.75) is 4.90 Å². The molecule has 19 heavy (non-hydrogen) atoms. The van der Waals surface area contributed by atoms with Gasteiger partial charge in [0, 0.05) is 0 Å². The molecule has 6 nitrogen and oxygen atoms in total. The molecular weight excluding hydrogens is 383 g/mol. The van der Waals surface area contributed by atoms with E-state index in [9.17, 15) is 13.5 Å². The molecule has 0 saturated heterocycles. The van der Waals surface area contributed by atoms with Crippen LogP contribution in [0.3, 0.4) is 0 Å². The summed E-state index contributed by atoms with van der Waals surface area (Å²) in [5, 5.41) is 14.8. The van der Waals surface area contributed by atoms with Crippen molar-refractivity contribution in [2.24, 2.45) is 8.44 Å². The summed E-state index contributed by atoms with van der Waals surface area (Å²) in [4.78, 5) is 1.58. The zero-order valence-electron chi connectivity index (χ0n) is 9.78. The fraction of sp³-hybridized carbons (Fsp3) is 0.0909. The summed E-state index contributed by atoms with van der Waals surface area (Å²) in [6.07, 6.45) is 0. The zero-order valence-corrected chi connectivity index (χ0v) is 12.8. The third-order valence-corrected chi connectivity index (χ3v) is 3.91. The normalized spacial score (nSPS) is 12.5. The van der Waals surface area contributed by atoms with Crippen molar-refractivity contribution >= 4 is 26.6 Å². The molecule has 2 aromatic carbocycles. The Morgan fingerprint density at radius 1 is 1.26 bits per heavy atom. The SMILES string of the molecule is C[I-]N=Nc1cccc2cc(S(=O)(=O)O)cc(O)c12. The summed E-state index contributed by atoms with van der Waals surface area (Å²) >= 11 is -0.369. The van der Waals surface area contributed by atoms with Crippen LogP contribution in [0.5, 0.6) is 5.75 Å². The zero-order chi connectivity index (χ0) is 14.0. The van der Waals surface area contributed by atoms with Crippen LogP contribution >= 0.6 is 0 Å². The van der Waals surface area contributed by atoms with Crippen molar-refractivity contribution in [3.63, 3.8) is 0 Å². The first-order chi connectivity index (χ1) is 8.93. The predicted octanol–water partition coefficient (Wildman–Crippen LogP) is -0.490. The number of benzene rings is 2. The number of hydrogen-bond donors (Lipinski definition) is 2. The van der Waals surface area contributed by atoms with Crippen LogP contribution in [0.1, 0.15) is 0 Å². The standard InChI is InChI=1S/C11H10IN2O4S/c1-12-14-13-9-4-2-3-7-5-8(19(16,17)18)6-10(15)11(7)9/h2-6,15H,1H3,(H,16,17,18)/q-1. The fourth-order valence-corrected chi connectivity index (χ4v) is 2.65. The molecule has 0 saturated carbocycles. The minimum absolute atomic E-state index is 0.256.